The molecule has 0 radical (unpaired) electrons. The van der Waals surface area contributed by atoms with Crippen LogP contribution in [0.15, 0.2) is 11.6 Å². The summed E-state index contributed by atoms with van der Waals surface area (Å²) in [6.07, 6.45) is 6.28. The molecule has 2 fully saturated rings. The van der Waals surface area contributed by atoms with Crippen LogP contribution >= 0.6 is 0 Å². The number of aliphatic hydroxyl groups excluding tert-OH is 1. The number of hydrogen-bond donors (Lipinski definition) is 1. The number of aliphatic hydroxyl groups is 1. The van der Waals surface area contributed by atoms with Crippen molar-refractivity contribution in [3.05, 3.63) is 11.6 Å². The number of rotatable bonds is 2. The lowest BCUT2D eigenvalue weighted by atomic mass is 9.66. The van der Waals surface area contributed by atoms with Gasteiger partial charge in [-0.25, -0.2) is 0 Å². The maximum Gasteiger partial charge on any atom is 0.0615 e. The lowest BCUT2D eigenvalue weighted by Gasteiger charge is -2.39. The molecule has 14 heavy (non-hydrogen) atoms. The third-order valence-corrected chi connectivity index (χ3v) is 4.70. The standard InChI is InChI=1S/C13H22O/c1-9(6-7-14)12-10-4-5-11(8-10)13(12,2)3/h6,10-12,14H,4-5,7-8H2,1-3H3. The molecule has 0 aromatic rings. The van der Waals surface area contributed by atoms with Crippen molar-refractivity contribution >= 4 is 0 Å². The highest BCUT2D eigenvalue weighted by Crippen LogP contribution is 2.61. The van der Waals surface area contributed by atoms with Gasteiger partial charge < -0.3 is 5.11 Å². The monoisotopic (exact) mass is 194 g/mol. The van der Waals surface area contributed by atoms with Crippen LogP contribution in [0, 0.1) is 23.2 Å². The Morgan fingerprint density at radius 2 is 2.14 bits per heavy atom. The highest BCUT2D eigenvalue weighted by Gasteiger charge is 2.52. The van der Waals surface area contributed by atoms with Crippen LogP contribution in [0.5, 0.6) is 0 Å². The van der Waals surface area contributed by atoms with Crippen LogP contribution in [0.3, 0.4) is 0 Å². The van der Waals surface area contributed by atoms with Crippen molar-refractivity contribution in [3.8, 4) is 0 Å². The quantitative estimate of drug-likeness (QED) is 0.670. The predicted octanol–water partition coefficient (Wildman–Crippen LogP) is 3.00. The molecule has 2 saturated carbocycles. The molecule has 2 bridgehead atoms. The lowest BCUT2D eigenvalue weighted by molar-refractivity contribution is 0.149. The zero-order valence-corrected chi connectivity index (χ0v) is 9.59. The van der Waals surface area contributed by atoms with E-state index in [1.165, 1.54) is 24.8 Å². The van der Waals surface area contributed by atoms with Gasteiger partial charge in [0.1, 0.15) is 0 Å². The number of hydrogen-bond acceptors (Lipinski definition) is 1. The van der Waals surface area contributed by atoms with Crippen LogP contribution in [-0.2, 0) is 0 Å². The Morgan fingerprint density at radius 3 is 2.64 bits per heavy atom. The van der Waals surface area contributed by atoms with Crippen molar-refractivity contribution in [2.24, 2.45) is 23.2 Å². The van der Waals surface area contributed by atoms with E-state index in [0.717, 1.165) is 17.8 Å². The van der Waals surface area contributed by atoms with Crippen LogP contribution in [0.25, 0.3) is 0 Å². The second-order valence-corrected chi connectivity index (χ2v) is 5.70. The van der Waals surface area contributed by atoms with E-state index in [4.69, 9.17) is 5.11 Å². The molecule has 0 aromatic carbocycles. The summed E-state index contributed by atoms with van der Waals surface area (Å²) < 4.78 is 0. The van der Waals surface area contributed by atoms with Crippen LogP contribution < -0.4 is 0 Å². The predicted molar refractivity (Wildman–Crippen MR) is 58.9 cm³/mol. The number of allylic oxidation sites excluding steroid dienone is 1. The van der Waals surface area contributed by atoms with E-state index in [0.29, 0.717) is 5.41 Å². The van der Waals surface area contributed by atoms with Gasteiger partial charge in [-0.2, -0.15) is 0 Å². The second kappa shape index (κ2) is 3.37. The zero-order chi connectivity index (χ0) is 10.3. The van der Waals surface area contributed by atoms with E-state index < -0.39 is 0 Å². The maximum absolute atomic E-state index is 8.96. The molecule has 0 aliphatic heterocycles. The smallest absolute Gasteiger partial charge is 0.0615 e. The summed E-state index contributed by atoms with van der Waals surface area (Å²) in [5.41, 5.74) is 1.89. The fraction of sp³-hybridized carbons (Fsp3) is 0.846. The lowest BCUT2D eigenvalue weighted by Crippen LogP contribution is -2.31. The third-order valence-electron chi connectivity index (χ3n) is 4.70. The van der Waals surface area contributed by atoms with Crippen molar-refractivity contribution in [1.29, 1.82) is 0 Å². The first-order valence-electron chi connectivity index (χ1n) is 5.85. The Labute approximate surface area is 87.2 Å². The first-order chi connectivity index (χ1) is 6.57. The van der Waals surface area contributed by atoms with Gasteiger partial charge in [0.25, 0.3) is 0 Å². The Balaban J connectivity index is 2.23. The summed E-state index contributed by atoms with van der Waals surface area (Å²) in [5, 5.41) is 8.96. The minimum atomic E-state index is 0.204. The van der Waals surface area contributed by atoms with Gasteiger partial charge in [0, 0.05) is 0 Å². The van der Waals surface area contributed by atoms with Gasteiger partial charge in [-0.15, -0.1) is 0 Å². The molecule has 0 heterocycles. The molecule has 3 atom stereocenters. The van der Waals surface area contributed by atoms with Crippen LogP contribution in [-0.4, -0.2) is 11.7 Å². The molecular formula is C13H22O. The molecule has 1 nitrogen and oxygen atoms in total. The average Bonchev–Trinajstić information content (AvgIpc) is 2.61. The fourth-order valence-electron chi connectivity index (χ4n) is 4.09. The van der Waals surface area contributed by atoms with Crippen molar-refractivity contribution < 1.29 is 5.11 Å². The highest BCUT2D eigenvalue weighted by atomic mass is 16.2. The first kappa shape index (κ1) is 10.2. The molecule has 2 aliphatic rings. The summed E-state index contributed by atoms with van der Waals surface area (Å²) in [5.74, 6) is 2.56. The highest BCUT2D eigenvalue weighted by molar-refractivity contribution is 5.16. The molecule has 3 unspecified atom stereocenters. The summed E-state index contributed by atoms with van der Waals surface area (Å²) >= 11 is 0. The van der Waals surface area contributed by atoms with Crippen molar-refractivity contribution in [2.75, 3.05) is 6.61 Å². The Hall–Kier alpha value is -0.300. The molecule has 80 valence electrons. The first-order valence-corrected chi connectivity index (χ1v) is 5.85. The topological polar surface area (TPSA) is 20.2 Å². The summed E-state index contributed by atoms with van der Waals surface area (Å²) in [7, 11) is 0. The minimum absolute atomic E-state index is 0.204. The van der Waals surface area contributed by atoms with E-state index in [-0.39, 0.29) is 6.61 Å². The van der Waals surface area contributed by atoms with Gasteiger partial charge in [0.2, 0.25) is 0 Å². The van der Waals surface area contributed by atoms with Crippen molar-refractivity contribution in [2.45, 2.75) is 40.0 Å². The molecule has 1 N–H and O–H groups in total. The summed E-state index contributed by atoms with van der Waals surface area (Å²) in [4.78, 5) is 0. The maximum atomic E-state index is 8.96. The van der Waals surface area contributed by atoms with E-state index in [1.54, 1.807) is 0 Å². The van der Waals surface area contributed by atoms with Crippen LogP contribution in [0.1, 0.15) is 40.0 Å². The Kier molecular flexibility index (Phi) is 2.46. The van der Waals surface area contributed by atoms with Crippen LogP contribution in [0.4, 0.5) is 0 Å². The Morgan fingerprint density at radius 1 is 1.43 bits per heavy atom. The fourth-order valence-corrected chi connectivity index (χ4v) is 4.09. The van der Waals surface area contributed by atoms with E-state index >= 15 is 0 Å². The molecule has 0 amide bonds. The molecular weight excluding hydrogens is 172 g/mol. The van der Waals surface area contributed by atoms with Gasteiger partial charge in [-0.3, -0.25) is 0 Å². The second-order valence-electron chi connectivity index (χ2n) is 5.70. The molecule has 0 aromatic heterocycles. The summed E-state index contributed by atoms with van der Waals surface area (Å²) in [6, 6.07) is 0. The Bertz CT molecular complexity index is 252. The molecule has 1 heteroatoms. The van der Waals surface area contributed by atoms with E-state index in [1.807, 2.05) is 6.08 Å². The van der Waals surface area contributed by atoms with Gasteiger partial charge in [0.15, 0.2) is 0 Å². The largest absolute Gasteiger partial charge is 0.392 e. The van der Waals surface area contributed by atoms with Crippen molar-refractivity contribution in [3.63, 3.8) is 0 Å². The van der Waals surface area contributed by atoms with Crippen molar-refractivity contribution in [1.82, 2.24) is 0 Å². The van der Waals surface area contributed by atoms with E-state index in [2.05, 4.69) is 20.8 Å². The molecule has 0 spiro atoms. The van der Waals surface area contributed by atoms with Gasteiger partial charge in [-0.1, -0.05) is 25.5 Å². The number of fused-ring (bicyclic) bond motifs is 2. The molecule has 0 saturated heterocycles. The minimum Gasteiger partial charge on any atom is -0.392 e. The zero-order valence-electron chi connectivity index (χ0n) is 9.59. The molecule has 2 aliphatic carbocycles. The van der Waals surface area contributed by atoms with Gasteiger partial charge >= 0.3 is 0 Å². The van der Waals surface area contributed by atoms with Gasteiger partial charge in [-0.05, 0) is 49.4 Å². The van der Waals surface area contributed by atoms with E-state index in [9.17, 15) is 0 Å². The normalized spacial score (nSPS) is 40.6. The summed E-state index contributed by atoms with van der Waals surface area (Å²) in [6.45, 7) is 7.23. The SMILES string of the molecule is CC(=CCO)C1C2CCC(C2)C1(C)C. The molecule has 2 rings (SSSR count). The third kappa shape index (κ3) is 1.33. The van der Waals surface area contributed by atoms with Crippen LogP contribution in [0.2, 0.25) is 0 Å². The average molecular weight is 194 g/mol. The van der Waals surface area contributed by atoms with Gasteiger partial charge in [0.05, 0.1) is 6.61 Å².